The number of benzene rings is 2. The van der Waals surface area contributed by atoms with E-state index in [1.165, 1.54) is 24.3 Å². The summed E-state index contributed by atoms with van der Waals surface area (Å²) < 4.78 is 51.7. The first-order valence-corrected chi connectivity index (χ1v) is 5.74. The van der Waals surface area contributed by atoms with Crippen molar-refractivity contribution < 1.29 is 17.6 Å². The van der Waals surface area contributed by atoms with E-state index in [0.717, 1.165) is 12.1 Å². The third kappa shape index (κ3) is 4.02. The molecule has 0 N–H and O–H groups in total. The molecule has 0 aromatic heterocycles. The number of rotatable bonds is 4. The van der Waals surface area contributed by atoms with Crippen molar-refractivity contribution in [1.29, 1.82) is 0 Å². The minimum atomic E-state index is -0.639. The Balaban J connectivity index is 1.96. The van der Waals surface area contributed by atoms with Gasteiger partial charge in [0, 0.05) is 23.3 Å². The highest BCUT2D eigenvalue weighted by Gasteiger charge is 2.08. The second-order valence-electron chi connectivity index (χ2n) is 4.25. The molecule has 0 aliphatic rings. The molecule has 2 aromatic rings. The van der Waals surface area contributed by atoms with Gasteiger partial charge in [-0.05, 0) is 24.3 Å². The van der Waals surface area contributed by atoms with Crippen molar-refractivity contribution in [2.24, 2.45) is 0 Å². The predicted octanol–water partition coefficient (Wildman–Crippen LogP) is 4.23. The first kappa shape index (κ1) is 13.5. The molecule has 0 saturated heterocycles. The van der Waals surface area contributed by atoms with Crippen LogP contribution in [0.25, 0.3) is 0 Å². The van der Waals surface area contributed by atoms with Crippen LogP contribution < -0.4 is 0 Å². The van der Waals surface area contributed by atoms with E-state index >= 15 is 0 Å². The van der Waals surface area contributed by atoms with Crippen LogP contribution in [0.1, 0.15) is 11.1 Å². The number of hydrogen-bond donors (Lipinski definition) is 0. The SMILES string of the molecule is Fc1cc(F)cc(C[CH+]Cc2cc(F)cc(F)c2)c1. The Kier molecular flexibility index (Phi) is 4.10. The molecule has 0 aliphatic heterocycles. The average Bonchev–Trinajstić information content (AvgIpc) is 2.26. The van der Waals surface area contributed by atoms with E-state index in [9.17, 15) is 17.6 Å². The monoisotopic (exact) mass is 267 g/mol. The van der Waals surface area contributed by atoms with Gasteiger partial charge in [-0.25, -0.2) is 17.6 Å². The van der Waals surface area contributed by atoms with Gasteiger partial charge in [0.15, 0.2) is 0 Å². The predicted molar refractivity (Wildman–Crippen MR) is 64.4 cm³/mol. The van der Waals surface area contributed by atoms with Gasteiger partial charge in [-0.3, -0.25) is 0 Å². The van der Waals surface area contributed by atoms with E-state index in [2.05, 4.69) is 0 Å². The molecule has 2 aromatic carbocycles. The molecular formula is C15H11F4+. The Morgan fingerprint density at radius 1 is 0.579 bits per heavy atom. The molecule has 0 unspecified atom stereocenters. The summed E-state index contributed by atoms with van der Waals surface area (Å²) in [6.45, 7) is 0. The van der Waals surface area contributed by atoms with Crippen molar-refractivity contribution in [2.45, 2.75) is 12.8 Å². The van der Waals surface area contributed by atoms with Crippen molar-refractivity contribution in [3.8, 4) is 0 Å². The van der Waals surface area contributed by atoms with Crippen LogP contribution in [0.15, 0.2) is 36.4 Å². The summed E-state index contributed by atoms with van der Waals surface area (Å²) in [5.41, 5.74) is 0.962. The van der Waals surface area contributed by atoms with Crippen molar-refractivity contribution in [3.63, 3.8) is 0 Å². The van der Waals surface area contributed by atoms with E-state index in [1.54, 1.807) is 6.42 Å². The van der Waals surface area contributed by atoms with Crippen LogP contribution in [0, 0.1) is 29.7 Å². The maximum atomic E-state index is 12.9. The van der Waals surface area contributed by atoms with Gasteiger partial charge < -0.3 is 0 Å². The Morgan fingerprint density at radius 2 is 0.895 bits per heavy atom. The van der Waals surface area contributed by atoms with Crippen LogP contribution in [0.3, 0.4) is 0 Å². The molecule has 0 atom stereocenters. The van der Waals surface area contributed by atoms with Crippen molar-refractivity contribution >= 4 is 0 Å². The third-order valence-electron chi connectivity index (χ3n) is 2.60. The minimum Gasteiger partial charge on any atom is -0.207 e. The average molecular weight is 267 g/mol. The van der Waals surface area contributed by atoms with Crippen molar-refractivity contribution in [3.05, 3.63) is 77.2 Å². The normalized spacial score (nSPS) is 10.5. The Bertz CT molecular complexity index is 486. The zero-order chi connectivity index (χ0) is 13.8. The summed E-state index contributed by atoms with van der Waals surface area (Å²) in [7, 11) is 0. The molecule has 19 heavy (non-hydrogen) atoms. The van der Waals surface area contributed by atoms with Crippen LogP contribution in [0.2, 0.25) is 0 Å². The highest BCUT2D eigenvalue weighted by Crippen LogP contribution is 2.13. The molecule has 0 saturated carbocycles. The van der Waals surface area contributed by atoms with Crippen LogP contribution in [0.4, 0.5) is 17.6 Å². The van der Waals surface area contributed by atoms with E-state index in [1.807, 2.05) is 0 Å². The number of hydrogen-bond acceptors (Lipinski definition) is 0. The summed E-state index contributed by atoms with van der Waals surface area (Å²) in [6, 6.07) is 6.51. The van der Waals surface area contributed by atoms with E-state index < -0.39 is 23.3 Å². The maximum absolute atomic E-state index is 12.9. The fraction of sp³-hybridized carbons (Fsp3) is 0.133. The zero-order valence-corrected chi connectivity index (χ0v) is 9.97. The smallest absolute Gasteiger partial charge is 0.126 e. The molecule has 0 aliphatic carbocycles. The van der Waals surface area contributed by atoms with Crippen molar-refractivity contribution in [1.82, 2.24) is 0 Å². The highest BCUT2D eigenvalue weighted by molar-refractivity contribution is 5.22. The Morgan fingerprint density at radius 3 is 1.21 bits per heavy atom. The van der Waals surface area contributed by atoms with Gasteiger partial charge in [0.1, 0.15) is 36.1 Å². The van der Waals surface area contributed by atoms with Crippen LogP contribution >= 0.6 is 0 Å². The molecular weight excluding hydrogens is 256 g/mol. The summed E-state index contributed by atoms with van der Waals surface area (Å²) in [4.78, 5) is 0. The molecule has 0 heterocycles. The van der Waals surface area contributed by atoms with E-state index in [0.29, 0.717) is 24.0 Å². The van der Waals surface area contributed by atoms with E-state index in [-0.39, 0.29) is 0 Å². The molecule has 0 amide bonds. The van der Waals surface area contributed by atoms with Gasteiger partial charge in [0.2, 0.25) is 0 Å². The zero-order valence-electron chi connectivity index (χ0n) is 9.97. The minimum absolute atomic E-state index is 0.326. The lowest BCUT2D eigenvalue weighted by Crippen LogP contribution is -1.95. The summed E-state index contributed by atoms with van der Waals surface area (Å²) in [6.07, 6.45) is 2.36. The van der Waals surface area contributed by atoms with Crippen molar-refractivity contribution in [2.75, 3.05) is 0 Å². The van der Waals surface area contributed by atoms with Gasteiger partial charge in [0.25, 0.3) is 0 Å². The second-order valence-corrected chi connectivity index (χ2v) is 4.25. The standard InChI is InChI=1S/C15H11F4/c16-12-4-10(5-13(17)8-12)2-1-3-11-6-14(18)9-15(19)7-11/h1,4-9H,2-3H2/q+1. The maximum Gasteiger partial charge on any atom is 0.126 e. The first-order chi connectivity index (χ1) is 9.02. The quantitative estimate of drug-likeness (QED) is 0.574. The van der Waals surface area contributed by atoms with Gasteiger partial charge in [-0.2, -0.15) is 0 Å². The largest absolute Gasteiger partial charge is 0.207 e. The Hall–Kier alpha value is -1.97. The summed E-state index contributed by atoms with van der Waals surface area (Å²) in [5, 5.41) is 0. The number of halogens is 4. The first-order valence-electron chi connectivity index (χ1n) is 5.74. The lowest BCUT2D eigenvalue weighted by Gasteiger charge is -1.98. The lowest BCUT2D eigenvalue weighted by molar-refractivity contribution is 0.580. The van der Waals surface area contributed by atoms with Crippen LogP contribution in [-0.2, 0) is 12.8 Å². The lowest BCUT2D eigenvalue weighted by atomic mass is 10.0. The fourth-order valence-corrected chi connectivity index (χ4v) is 1.86. The van der Waals surface area contributed by atoms with E-state index in [4.69, 9.17) is 0 Å². The summed E-state index contributed by atoms with van der Waals surface area (Å²) >= 11 is 0. The third-order valence-corrected chi connectivity index (χ3v) is 2.60. The summed E-state index contributed by atoms with van der Waals surface area (Å²) in [5.74, 6) is -2.55. The highest BCUT2D eigenvalue weighted by atomic mass is 19.1. The molecule has 0 bridgehead atoms. The molecule has 0 nitrogen and oxygen atoms in total. The van der Waals surface area contributed by atoms with Crippen LogP contribution in [-0.4, -0.2) is 0 Å². The molecule has 0 radical (unpaired) electrons. The Labute approximate surface area is 108 Å². The topological polar surface area (TPSA) is 0 Å². The molecule has 0 fully saturated rings. The molecule has 98 valence electrons. The fourth-order valence-electron chi connectivity index (χ4n) is 1.86. The molecule has 4 heteroatoms. The van der Waals surface area contributed by atoms with Crippen LogP contribution in [0.5, 0.6) is 0 Å². The second kappa shape index (κ2) is 5.78. The van der Waals surface area contributed by atoms with Gasteiger partial charge in [-0.1, -0.05) is 0 Å². The van der Waals surface area contributed by atoms with Gasteiger partial charge in [-0.15, -0.1) is 0 Å². The molecule has 0 spiro atoms. The van der Waals surface area contributed by atoms with Gasteiger partial charge >= 0.3 is 0 Å². The van der Waals surface area contributed by atoms with Gasteiger partial charge in [0.05, 0.1) is 6.42 Å². The molecule has 2 rings (SSSR count).